The van der Waals surface area contributed by atoms with E-state index < -0.39 is 0 Å². The molecule has 0 saturated heterocycles. The van der Waals surface area contributed by atoms with Crippen LogP contribution in [0.1, 0.15) is 11.1 Å². The van der Waals surface area contributed by atoms with Crippen molar-refractivity contribution in [3.8, 4) is 5.75 Å². The molecule has 0 aliphatic carbocycles. The van der Waals surface area contributed by atoms with Crippen molar-refractivity contribution in [1.29, 1.82) is 0 Å². The maximum atomic E-state index is 12.3. The Morgan fingerprint density at radius 3 is 2.55 bits per heavy atom. The highest BCUT2D eigenvalue weighted by Gasteiger charge is 2.06. The largest absolute Gasteiger partial charge is 0.491 e. The molecule has 1 heterocycles. The first-order valence-electron chi connectivity index (χ1n) is 7.18. The van der Waals surface area contributed by atoms with Gasteiger partial charge in [0.25, 0.3) is 5.56 Å². The van der Waals surface area contributed by atoms with Gasteiger partial charge in [0.05, 0.1) is 11.9 Å². The lowest BCUT2D eigenvalue weighted by molar-refractivity contribution is 0.282. The molecule has 0 saturated carbocycles. The molecule has 22 heavy (non-hydrogen) atoms. The van der Waals surface area contributed by atoms with E-state index in [2.05, 4.69) is 10.3 Å². The third kappa shape index (κ3) is 2.70. The van der Waals surface area contributed by atoms with Crippen LogP contribution in [0.4, 0.5) is 0 Å². The molecule has 0 bridgehead atoms. The average molecular weight is 295 g/mol. The highest BCUT2D eigenvalue weighted by Crippen LogP contribution is 2.22. The number of fused-ring (bicyclic) bond motifs is 1. The van der Waals surface area contributed by atoms with Gasteiger partial charge in [0.2, 0.25) is 0 Å². The highest BCUT2D eigenvalue weighted by molar-refractivity contribution is 5.76. The summed E-state index contributed by atoms with van der Waals surface area (Å²) < 4.78 is 7.15. The van der Waals surface area contributed by atoms with Crippen molar-refractivity contribution in [2.45, 2.75) is 20.4 Å². The molecule has 5 heteroatoms. The van der Waals surface area contributed by atoms with Gasteiger partial charge in [-0.15, -0.1) is 5.10 Å². The van der Waals surface area contributed by atoms with Crippen molar-refractivity contribution in [3.05, 3.63) is 63.9 Å². The maximum absolute atomic E-state index is 12.3. The normalized spacial score (nSPS) is 10.8. The molecule has 0 aliphatic heterocycles. The Bertz CT molecular complexity index is 851. The molecule has 0 aliphatic rings. The lowest BCUT2D eigenvalue weighted by atomic mass is 10.1. The molecule has 0 N–H and O–H groups in total. The van der Waals surface area contributed by atoms with Gasteiger partial charge in [-0.25, -0.2) is 4.68 Å². The minimum Gasteiger partial charge on any atom is -0.491 e. The van der Waals surface area contributed by atoms with Gasteiger partial charge < -0.3 is 4.74 Å². The molecular formula is C17H17N3O2. The quantitative estimate of drug-likeness (QED) is 0.742. The molecule has 5 nitrogen and oxygen atoms in total. The van der Waals surface area contributed by atoms with Crippen molar-refractivity contribution in [2.75, 3.05) is 6.61 Å². The smallest absolute Gasteiger partial charge is 0.277 e. The number of benzene rings is 2. The van der Waals surface area contributed by atoms with Crippen molar-refractivity contribution >= 4 is 10.9 Å². The first kappa shape index (κ1) is 14.3. The number of aromatic nitrogens is 3. The number of nitrogens with zero attached hydrogens (tertiary/aromatic N) is 3. The summed E-state index contributed by atoms with van der Waals surface area (Å²) in [5.41, 5.74) is 2.63. The third-order valence-corrected chi connectivity index (χ3v) is 3.59. The van der Waals surface area contributed by atoms with Crippen LogP contribution in [-0.4, -0.2) is 21.6 Å². The fraction of sp³-hybridized carbons (Fsp3) is 0.235. The Kier molecular flexibility index (Phi) is 3.87. The SMILES string of the molecule is Cc1cccc(C)c1OCCn1nnc2ccccc2c1=O. The van der Waals surface area contributed by atoms with E-state index in [1.807, 2.05) is 44.2 Å². The summed E-state index contributed by atoms with van der Waals surface area (Å²) in [6.07, 6.45) is 0. The van der Waals surface area contributed by atoms with Gasteiger partial charge in [0.15, 0.2) is 0 Å². The molecular weight excluding hydrogens is 278 g/mol. The van der Waals surface area contributed by atoms with Crippen LogP contribution in [0.5, 0.6) is 5.75 Å². The molecule has 3 aromatic rings. The van der Waals surface area contributed by atoms with Crippen molar-refractivity contribution < 1.29 is 4.74 Å². The van der Waals surface area contributed by atoms with Gasteiger partial charge in [-0.2, -0.15) is 0 Å². The van der Waals surface area contributed by atoms with Gasteiger partial charge in [-0.05, 0) is 37.1 Å². The van der Waals surface area contributed by atoms with E-state index >= 15 is 0 Å². The monoisotopic (exact) mass is 295 g/mol. The molecule has 0 radical (unpaired) electrons. The van der Waals surface area contributed by atoms with Gasteiger partial charge in [-0.1, -0.05) is 35.5 Å². The van der Waals surface area contributed by atoms with Crippen LogP contribution in [0.2, 0.25) is 0 Å². The topological polar surface area (TPSA) is 57.0 Å². The second-order valence-corrected chi connectivity index (χ2v) is 5.20. The van der Waals surface area contributed by atoms with Crippen LogP contribution in [0.15, 0.2) is 47.3 Å². The number of rotatable bonds is 4. The van der Waals surface area contributed by atoms with Crippen LogP contribution >= 0.6 is 0 Å². The van der Waals surface area contributed by atoms with E-state index in [1.54, 1.807) is 12.1 Å². The van der Waals surface area contributed by atoms with Gasteiger partial charge >= 0.3 is 0 Å². The molecule has 3 rings (SSSR count). The zero-order chi connectivity index (χ0) is 15.5. The Balaban J connectivity index is 1.77. The number of hydrogen-bond acceptors (Lipinski definition) is 4. The van der Waals surface area contributed by atoms with Crippen molar-refractivity contribution in [1.82, 2.24) is 15.0 Å². The van der Waals surface area contributed by atoms with Crippen LogP contribution < -0.4 is 10.3 Å². The third-order valence-electron chi connectivity index (χ3n) is 3.59. The molecule has 1 aromatic heterocycles. The Hall–Kier alpha value is -2.69. The van der Waals surface area contributed by atoms with E-state index in [-0.39, 0.29) is 5.56 Å². The lowest BCUT2D eigenvalue weighted by Crippen LogP contribution is -2.26. The lowest BCUT2D eigenvalue weighted by Gasteiger charge is -2.12. The summed E-state index contributed by atoms with van der Waals surface area (Å²) in [4.78, 5) is 12.3. The summed E-state index contributed by atoms with van der Waals surface area (Å²) in [6.45, 7) is 4.75. The Labute approximate surface area is 128 Å². The number of ether oxygens (including phenoxy) is 1. The molecule has 0 amide bonds. The fourth-order valence-electron chi connectivity index (χ4n) is 2.43. The van der Waals surface area contributed by atoms with Gasteiger partial charge in [0, 0.05) is 0 Å². The van der Waals surface area contributed by atoms with E-state index in [0.29, 0.717) is 24.1 Å². The zero-order valence-electron chi connectivity index (χ0n) is 12.6. The molecule has 0 atom stereocenters. The van der Waals surface area contributed by atoms with Crippen LogP contribution in [-0.2, 0) is 6.54 Å². The molecule has 2 aromatic carbocycles. The zero-order valence-corrected chi connectivity index (χ0v) is 12.6. The summed E-state index contributed by atoms with van der Waals surface area (Å²) >= 11 is 0. The molecule has 112 valence electrons. The van der Waals surface area contributed by atoms with Crippen LogP contribution in [0.3, 0.4) is 0 Å². The predicted molar refractivity (Wildman–Crippen MR) is 85.2 cm³/mol. The van der Waals surface area contributed by atoms with E-state index in [4.69, 9.17) is 4.74 Å². The Morgan fingerprint density at radius 2 is 1.77 bits per heavy atom. The summed E-state index contributed by atoms with van der Waals surface area (Å²) in [5, 5.41) is 8.59. The molecule has 0 unspecified atom stereocenters. The van der Waals surface area contributed by atoms with Gasteiger partial charge in [0.1, 0.15) is 17.9 Å². The summed E-state index contributed by atoms with van der Waals surface area (Å²) in [6, 6.07) is 13.2. The maximum Gasteiger partial charge on any atom is 0.277 e. The van der Waals surface area contributed by atoms with Crippen LogP contribution in [0, 0.1) is 13.8 Å². The first-order valence-corrected chi connectivity index (χ1v) is 7.18. The molecule has 0 spiro atoms. The van der Waals surface area contributed by atoms with E-state index in [1.165, 1.54) is 4.68 Å². The number of hydrogen-bond donors (Lipinski definition) is 0. The van der Waals surface area contributed by atoms with E-state index in [0.717, 1.165) is 16.9 Å². The summed E-state index contributed by atoms with van der Waals surface area (Å²) in [5.74, 6) is 0.865. The average Bonchev–Trinajstić information content (AvgIpc) is 2.52. The summed E-state index contributed by atoms with van der Waals surface area (Å²) in [7, 11) is 0. The second-order valence-electron chi connectivity index (χ2n) is 5.20. The van der Waals surface area contributed by atoms with E-state index in [9.17, 15) is 4.79 Å². The Morgan fingerprint density at radius 1 is 1.05 bits per heavy atom. The van der Waals surface area contributed by atoms with Crippen LogP contribution in [0.25, 0.3) is 10.9 Å². The first-order chi connectivity index (χ1) is 10.7. The van der Waals surface area contributed by atoms with Gasteiger partial charge in [-0.3, -0.25) is 4.79 Å². The second kappa shape index (κ2) is 5.97. The minimum absolute atomic E-state index is 0.143. The fourth-order valence-corrected chi connectivity index (χ4v) is 2.43. The number of para-hydroxylation sites is 1. The van der Waals surface area contributed by atoms with Crippen molar-refractivity contribution in [2.24, 2.45) is 0 Å². The molecule has 0 fully saturated rings. The standard InChI is InChI=1S/C17H17N3O2/c1-12-6-5-7-13(2)16(12)22-11-10-20-17(21)14-8-3-4-9-15(14)18-19-20/h3-9H,10-11H2,1-2H3. The number of aryl methyl sites for hydroxylation is 2. The minimum atomic E-state index is -0.143. The van der Waals surface area contributed by atoms with Crippen molar-refractivity contribution in [3.63, 3.8) is 0 Å². The predicted octanol–water partition coefficient (Wildman–Crippen LogP) is 2.49. The highest BCUT2D eigenvalue weighted by atomic mass is 16.5.